The summed E-state index contributed by atoms with van der Waals surface area (Å²) in [6.07, 6.45) is -2.58. The van der Waals surface area contributed by atoms with E-state index in [0.717, 1.165) is 50.6 Å². The Balaban J connectivity index is 1.16. The van der Waals surface area contributed by atoms with Crippen LogP contribution in [0.4, 0.5) is 35.9 Å². The maximum absolute atomic E-state index is 14.6. The van der Waals surface area contributed by atoms with Gasteiger partial charge in [-0.15, -0.1) is 0 Å². The molecule has 6 aromatic rings. The van der Waals surface area contributed by atoms with Crippen LogP contribution in [-0.2, 0) is 22.2 Å². The zero-order valence-corrected chi connectivity index (χ0v) is 36.2. The zero-order chi connectivity index (χ0) is 50.2. The minimum atomic E-state index is -5.18. The van der Waals surface area contributed by atoms with Crippen molar-refractivity contribution in [3.8, 4) is 28.7 Å². The molecule has 6 rings (SSSR count). The normalized spacial score (nSPS) is 11.7. The van der Waals surface area contributed by atoms with E-state index in [1.165, 1.54) is 42.6 Å². The van der Waals surface area contributed by atoms with E-state index in [4.69, 9.17) is 9.47 Å². The van der Waals surface area contributed by atoms with Crippen LogP contribution >= 0.6 is 0 Å². The van der Waals surface area contributed by atoms with Crippen LogP contribution in [0.2, 0.25) is 0 Å². The fourth-order valence-electron chi connectivity index (χ4n) is 6.58. The molecule has 0 aliphatic heterocycles. The number of nitrogens with one attached hydrogen (secondary N) is 6. The number of benzene rings is 5. The van der Waals surface area contributed by atoms with Crippen molar-refractivity contribution in [2.75, 3.05) is 35.5 Å². The highest BCUT2D eigenvalue weighted by Crippen LogP contribution is 2.41. The molecule has 0 spiro atoms. The van der Waals surface area contributed by atoms with E-state index >= 15 is 0 Å². The van der Waals surface area contributed by atoms with Crippen LogP contribution in [0, 0.1) is 0 Å². The summed E-state index contributed by atoms with van der Waals surface area (Å²) in [7, 11) is 2.13. The molecule has 0 radical (unpaired) electrons. The van der Waals surface area contributed by atoms with Crippen LogP contribution < -0.4 is 36.1 Å². The third kappa shape index (κ3) is 11.7. The lowest BCUT2D eigenvalue weighted by molar-refractivity contribution is -0.138. The Hall–Kier alpha value is -9.41. The molecule has 1 aromatic heterocycles. The number of aromatic carboxylic acids is 1. The summed E-state index contributed by atoms with van der Waals surface area (Å²) in [4.78, 5) is 77.9. The Morgan fingerprint density at radius 1 is 0.710 bits per heavy atom. The molecule has 10 N–H and O–H groups in total. The number of aromatic nitrogens is 3. The number of nitrogens with zero attached hydrogens (tertiary/aromatic N) is 2. The van der Waals surface area contributed by atoms with E-state index < -0.39 is 98.7 Å². The maximum Gasteiger partial charge on any atom is 0.417 e. The Kier molecular flexibility index (Phi) is 14.8. The summed E-state index contributed by atoms with van der Waals surface area (Å²) in [6, 6.07) is 16.8. The van der Waals surface area contributed by atoms with Crippen LogP contribution in [0.15, 0.2) is 103 Å². The molecule has 0 aliphatic rings. The number of H-pyrrole nitrogens is 1. The van der Waals surface area contributed by atoms with Gasteiger partial charge in [0.05, 0.1) is 54.2 Å². The molecule has 0 aliphatic carbocycles. The van der Waals surface area contributed by atoms with Crippen LogP contribution in [0.3, 0.4) is 0 Å². The molecule has 356 valence electrons. The molecule has 1 heterocycles. The number of carboxylic acids is 1. The summed E-state index contributed by atoms with van der Waals surface area (Å²) < 4.78 is 53.9. The van der Waals surface area contributed by atoms with Crippen LogP contribution in [0.25, 0.3) is 6.08 Å². The van der Waals surface area contributed by atoms with Gasteiger partial charge < -0.3 is 56.5 Å². The van der Waals surface area contributed by atoms with Crippen molar-refractivity contribution < 1.29 is 71.8 Å². The summed E-state index contributed by atoms with van der Waals surface area (Å²) in [5.74, 6) is -8.63. The van der Waals surface area contributed by atoms with Gasteiger partial charge in [0.25, 0.3) is 23.6 Å². The van der Waals surface area contributed by atoms with Crippen molar-refractivity contribution in [2.24, 2.45) is 0 Å². The van der Waals surface area contributed by atoms with Crippen molar-refractivity contribution in [3.05, 3.63) is 142 Å². The SMILES string of the molecule is COc1c(NC(=O)c2ccc(NC(=O)c3ccc(NC(=O)[C@H](Cc4cn[nH]n4)NC(=O)c4ccc(NC(=O)/C(C)=C/c5ccc(O)cc5)cc4)cc3C(F)(F)F)c(OC)c2O)ccc(C(=O)O)c1O. The van der Waals surface area contributed by atoms with E-state index in [9.17, 15) is 62.4 Å². The second kappa shape index (κ2) is 20.8. The first kappa shape index (κ1) is 49.0. The Morgan fingerprint density at radius 2 is 1.28 bits per heavy atom. The lowest BCUT2D eigenvalue weighted by Crippen LogP contribution is -2.45. The Labute approximate surface area is 387 Å². The number of aromatic amines is 1. The number of carbonyl (C=O) groups is 6. The zero-order valence-electron chi connectivity index (χ0n) is 36.2. The molecule has 0 saturated heterocycles. The third-order valence-corrected chi connectivity index (χ3v) is 10.0. The molecule has 20 nitrogen and oxygen atoms in total. The largest absolute Gasteiger partial charge is 0.508 e. The number of alkyl halides is 3. The van der Waals surface area contributed by atoms with E-state index in [1.54, 1.807) is 25.1 Å². The lowest BCUT2D eigenvalue weighted by atomic mass is 10.0. The molecule has 0 fully saturated rings. The molecular weight excluding hydrogens is 914 g/mol. The molecule has 23 heteroatoms. The molecule has 0 bridgehead atoms. The number of hydrogen-bond acceptors (Lipinski definition) is 13. The average molecular weight is 953 g/mol. The number of anilines is 4. The first-order chi connectivity index (χ1) is 32.8. The molecular formula is C46H39F3N8O12. The highest BCUT2D eigenvalue weighted by atomic mass is 19.4. The van der Waals surface area contributed by atoms with Gasteiger partial charge in [0.1, 0.15) is 17.4 Å². The second-order valence-corrected chi connectivity index (χ2v) is 14.7. The number of phenolic OH excluding ortho intramolecular Hbond substituents is 2. The number of amides is 5. The number of carbonyl (C=O) groups excluding carboxylic acids is 5. The topological polar surface area (TPSA) is 304 Å². The second-order valence-electron chi connectivity index (χ2n) is 14.7. The van der Waals surface area contributed by atoms with E-state index in [-0.39, 0.29) is 34.8 Å². The lowest BCUT2D eigenvalue weighted by Gasteiger charge is -2.20. The van der Waals surface area contributed by atoms with E-state index in [2.05, 4.69) is 42.0 Å². The van der Waals surface area contributed by atoms with Crippen molar-refractivity contribution in [2.45, 2.75) is 25.6 Å². The van der Waals surface area contributed by atoms with Gasteiger partial charge in [0, 0.05) is 28.9 Å². The quantitative estimate of drug-likeness (QED) is 0.0485. The third-order valence-electron chi connectivity index (χ3n) is 10.0. The number of hydrogen-bond donors (Lipinski definition) is 10. The molecule has 0 saturated carbocycles. The Bertz CT molecular complexity index is 2980. The standard InChI is InChI=1S/C46H39F3N8O12/c1-22(18-23-4-11-28(58)12-5-23)40(61)51-25-8-6-24(7-9-25)41(62)55-35(20-27-21-50-57-56-27)44(65)52-26-10-13-29(32(19-26)46(47,48)49)42(63)53-33-16-14-30(36(59)38(33)68-2)43(64)54-34-17-15-31(45(66)67)37(60)39(34)69-3/h4-19,21,35,58-60H,20H2,1-3H3,(H,51,61)(H,52,65)(H,53,63)(H,54,64)(H,55,62)(H,66,67)(H,50,56,57)/b22-18+/t35-/m0/s1. The number of carboxylic acid groups (broad SMARTS) is 1. The molecule has 69 heavy (non-hydrogen) atoms. The van der Waals surface area contributed by atoms with Crippen molar-refractivity contribution >= 4 is 64.3 Å². The number of aromatic hydroxyl groups is 3. The van der Waals surface area contributed by atoms with Crippen LogP contribution in [0.1, 0.15) is 65.2 Å². The van der Waals surface area contributed by atoms with Gasteiger partial charge in [-0.2, -0.15) is 28.6 Å². The highest BCUT2D eigenvalue weighted by molar-refractivity contribution is 6.11. The highest BCUT2D eigenvalue weighted by Gasteiger charge is 2.36. The number of ether oxygens (including phenoxy) is 2. The number of halogens is 3. The van der Waals surface area contributed by atoms with Crippen molar-refractivity contribution in [1.82, 2.24) is 20.7 Å². The van der Waals surface area contributed by atoms with Gasteiger partial charge in [-0.3, -0.25) is 24.0 Å². The van der Waals surface area contributed by atoms with Gasteiger partial charge in [0.2, 0.25) is 5.91 Å². The van der Waals surface area contributed by atoms with Crippen LogP contribution in [0.5, 0.6) is 28.7 Å². The number of methoxy groups -OCH3 is 2. The molecule has 5 aromatic carbocycles. The first-order valence-electron chi connectivity index (χ1n) is 20.0. The maximum atomic E-state index is 14.6. The van der Waals surface area contributed by atoms with E-state index in [1.807, 2.05) is 0 Å². The number of phenols is 3. The smallest absolute Gasteiger partial charge is 0.417 e. The number of rotatable bonds is 16. The summed E-state index contributed by atoms with van der Waals surface area (Å²) >= 11 is 0. The monoisotopic (exact) mass is 952 g/mol. The fourth-order valence-corrected chi connectivity index (χ4v) is 6.58. The Morgan fingerprint density at radius 3 is 1.84 bits per heavy atom. The first-order valence-corrected chi connectivity index (χ1v) is 20.0. The summed E-state index contributed by atoms with van der Waals surface area (Å²) in [5, 5.41) is 62.1. The summed E-state index contributed by atoms with van der Waals surface area (Å²) in [5.41, 5.74) is -2.85. The van der Waals surface area contributed by atoms with Gasteiger partial charge >= 0.3 is 12.1 Å². The average Bonchev–Trinajstić information content (AvgIpc) is 3.82. The minimum Gasteiger partial charge on any atom is -0.508 e. The predicted octanol–water partition coefficient (Wildman–Crippen LogP) is 6.18. The molecule has 5 amide bonds. The molecule has 0 unspecified atom stereocenters. The minimum absolute atomic E-state index is 0.0477. The van der Waals surface area contributed by atoms with E-state index in [0.29, 0.717) is 22.9 Å². The van der Waals surface area contributed by atoms with Gasteiger partial charge in [-0.25, -0.2) is 4.79 Å². The van der Waals surface area contributed by atoms with Gasteiger partial charge in [0.15, 0.2) is 23.0 Å². The van der Waals surface area contributed by atoms with Gasteiger partial charge in [-0.05, 0) is 97.4 Å². The summed E-state index contributed by atoms with van der Waals surface area (Å²) in [6.45, 7) is 1.59. The van der Waals surface area contributed by atoms with Crippen LogP contribution in [-0.4, -0.2) is 91.6 Å². The predicted molar refractivity (Wildman–Crippen MR) is 240 cm³/mol. The van der Waals surface area contributed by atoms with Gasteiger partial charge in [-0.1, -0.05) is 12.1 Å². The van der Waals surface area contributed by atoms with Crippen molar-refractivity contribution in [3.63, 3.8) is 0 Å². The molecule has 1 atom stereocenters. The fraction of sp³-hybridized carbons (Fsp3) is 0.130. The van der Waals surface area contributed by atoms with Crippen molar-refractivity contribution in [1.29, 1.82) is 0 Å².